The van der Waals surface area contributed by atoms with Gasteiger partial charge < -0.3 is 4.90 Å². The van der Waals surface area contributed by atoms with Gasteiger partial charge in [-0.3, -0.25) is 14.7 Å². The molecule has 2 aliphatic rings. The molecule has 0 bridgehead atoms. The van der Waals surface area contributed by atoms with Crippen molar-refractivity contribution in [2.24, 2.45) is 11.8 Å². The Balaban J connectivity index is 1.72. The van der Waals surface area contributed by atoms with Crippen LogP contribution in [0.2, 0.25) is 0 Å². The highest BCUT2D eigenvalue weighted by Crippen LogP contribution is 2.32. The maximum absolute atomic E-state index is 12.7. The highest BCUT2D eigenvalue weighted by Gasteiger charge is 2.33. The highest BCUT2D eigenvalue weighted by molar-refractivity contribution is 5.92. The second kappa shape index (κ2) is 6.78. The molecule has 0 aromatic carbocycles. The summed E-state index contributed by atoms with van der Waals surface area (Å²) in [6.45, 7) is 8.57. The number of rotatable bonds is 4. The number of carbonyl (C=O) groups is 1. The summed E-state index contributed by atoms with van der Waals surface area (Å²) < 4.78 is 0. The van der Waals surface area contributed by atoms with Crippen molar-refractivity contribution in [2.75, 3.05) is 26.2 Å². The molecule has 22 heavy (non-hydrogen) atoms. The molecule has 3 rings (SSSR count). The molecule has 4 nitrogen and oxygen atoms in total. The van der Waals surface area contributed by atoms with E-state index in [2.05, 4.69) is 23.7 Å². The van der Waals surface area contributed by atoms with Crippen molar-refractivity contribution in [1.82, 2.24) is 14.8 Å². The molecular formula is C18H27N3O. The maximum atomic E-state index is 12.7. The summed E-state index contributed by atoms with van der Waals surface area (Å²) in [7, 11) is 0. The summed E-state index contributed by atoms with van der Waals surface area (Å²) in [6, 6.07) is 6.03. The zero-order valence-corrected chi connectivity index (χ0v) is 13.7. The zero-order chi connectivity index (χ0) is 15.5. The molecule has 1 saturated carbocycles. The van der Waals surface area contributed by atoms with E-state index in [9.17, 15) is 4.79 Å². The van der Waals surface area contributed by atoms with Crippen molar-refractivity contribution in [1.29, 1.82) is 0 Å². The number of pyridine rings is 1. The third-order valence-corrected chi connectivity index (χ3v) is 4.88. The van der Waals surface area contributed by atoms with Crippen LogP contribution in [-0.4, -0.2) is 52.9 Å². The first-order valence-electron chi connectivity index (χ1n) is 8.59. The van der Waals surface area contributed by atoms with E-state index in [-0.39, 0.29) is 5.91 Å². The van der Waals surface area contributed by atoms with E-state index in [0.717, 1.165) is 32.0 Å². The van der Waals surface area contributed by atoms with E-state index in [1.807, 2.05) is 23.1 Å². The molecule has 1 unspecified atom stereocenters. The van der Waals surface area contributed by atoms with Crippen LogP contribution in [0, 0.1) is 11.8 Å². The van der Waals surface area contributed by atoms with Crippen LogP contribution in [-0.2, 0) is 0 Å². The van der Waals surface area contributed by atoms with Gasteiger partial charge in [0, 0.05) is 38.4 Å². The lowest BCUT2D eigenvalue weighted by Crippen LogP contribution is -2.46. The fourth-order valence-corrected chi connectivity index (χ4v) is 3.39. The predicted molar refractivity (Wildman–Crippen MR) is 87.7 cm³/mol. The zero-order valence-electron chi connectivity index (χ0n) is 13.7. The monoisotopic (exact) mass is 301 g/mol. The summed E-state index contributed by atoms with van der Waals surface area (Å²) in [4.78, 5) is 21.6. The van der Waals surface area contributed by atoms with Crippen LogP contribution >= 0.6 is 0 Å². The van der Waals surface area contributed by atoms with Gasteiger partial charge in [-0.05, 0) is 43.2 Å². The van der Waals surface area contributed by atoms with Gasteiger partial charge in [-0.1, -0.05) is 19.9 Å². The Kier molecular flexibility index (Phi) is 4.77. The summed E-state index contributed by atoms with van der Waals surface area (Å²) in [5.41, 5.74) is 0.570. The van der Waals surface area contributed by atoms with Gasteiger partial charge in [-0.2, -0.15) is 0 Å². The predicted octanol–water partition coefficient (Wildman–Crippen LogP) is 2.66. The van der Waals surface area contributed by atoms with Crippen molar-refractivity contribution >= 4 is 5.91 Å². The second-order valence-electron chi connectivity index (χ2n) is 7.07. The van der Waals surface area contributed by atoms with Crippen LogP contribution in [0.1, 0.15) is 43.6 Å². The lowest BCUT2D eigenvalue weighted by atomic mass is 10.0. The van der Waals surface area contributed by atoms with Crippen molar-refractivity contribution in [2.45, 2.75) is 39.2 Å². The standard InChI is InChI=1S/C18H27N3O/c1-14(2)17-13-21(18(22)16-6-3-4-9-19-16)11-5-10-20(17)12-15-7-8-15/h3-4,6,9,14-15,17H,5,7-8,10-13H2,1-2H3. The molecule has 1 atom stereocenters. The molecule has 1 aliphatic heterocycles. The number of hydrogen-bond donors (Lipinski definition) is 0. The van der Waals surface area contributed by atoms with Gasteiger partial charge in [0.25, 0.3) is 5.91 Å². The summed E-state index contributed by atoms with van der Waals surface area (Å²) in [5, 5.41) is 0. The minimum absolute atomic E-state index is 0.0829. The Labute approximate surface area is 133 Å². The quantitative estimate of drug-likeness (QED) is 0.858. The Morgan fingerprint density at radius 3 is 2.77 bits per heavy atom. The summed E-state index contributed by atoms with van der Waals surface area (Å²) >= 11 is 0. The van der Waals surface area contributed by atoms with Gasteiger partial charge in [-0.15, -0.1) is 0 Å². The van der Waals surface area contributed by atoms with Gasteiger partial charge >= 0.3 is 0 Å². The van der Waals surface area contributed by atoms with E-state index in [1.54, 1.807) is 6.20 Å². The summed E-state index contributed by atoms with van der Waals surface area (Å²) in [6.07, 6.45) is 5.54. The van der Waals surface area contributed by atoms with Gasteiger partial charge in [0.2, 0.25) is 0 Å². The summed E-state index contributed by atoms with van der Waals surface area (Å²) in [5.74, 6) is 1.55. The van der Waals surface area contributed by atoms with Crippen LogP contribution < -0.4 is 0 Å². The minimum atomic E-state index is 0.0829. The van der Waals surface area contributed by atoms with Crippen molar-refractivity contribution in [3.63, 3.8) is 0 Å². The topological polar surface area (TPSA) is 36.4 Å². The molecule has 2 heterocycles. The van der Waals surface area contributed by atoms with E-state index in [1.165, 1.54) is 19.4 Å². The smallest absolute Gasteiger partial charge is 0.272 e. The fourth-order valence-electron chi connectivity index (χ4n) is 3.39. The molecule has 1 aromatic rings. The van der Waals surface area contributed by atoms with E-state index < -0.39 is 0 Å². The fraction of sp³-hybridized carbons (Fsp3) is 0.667. The van der Waals surface area contributed by atoms with Gasteiger partial charge in [0.05, 0.1) is 0 Å². The lowest BCUT2D eigenvalue weighted by molar-refractivity contribution is 0.0698. The Morgan fingerprint density at radius 1 is 1.32 bits per heavy atom. The number of nitrogens with zero attached hydrogens (tertiary/aromatic N) is 3. The van der Waals surface area contributed by atoms with Crippen LogP contribution in [0.25, 0.3) is 0 Å². The SMILES string of the molecule is CC(C)C1CN(C(=O)c2ccccn2)CCCN1CC1CC1. The molecule has 1 amide bonds. The first kappa shape index (κ1) is 15.5. The molecule has 2 fully saturated rings. The number of aromatic nitrogens is 1. The van der Waals surface area contributed by atoms with E-state index in [4.69, 9.17) is 0 Å². The Morgan fingerprint density at radius 2 is 2.14 bits per heavy atom. The lowest BCUT2D eigenvalue weighted by Gasteiger charge is -2.34. The maximum Gasteiger partial charge on any atom is 0.272 e. The highest BCUT2D eigenvalue weighted by atomic mass is 16.2. The van der Waals surface area contributed by atoms with Crippen molar-refractivity contribution in [3.8, 4) is 0 Å². The molecule has 0 N–H and O–H groups in total. The Bertz CT molecular complexity index is 498. The van der Waals surface area contributed by atoms with Crippen molar-refractivity contribution < 1.29 is 4.79 Å². The largest absolute Gasteiger partial charge is 0.336 e. The molecule has 1 aliphatic carbocycles. The van der Waals surface area contributed by atoms with Crippen LogP contribution in [0.5, 0.6) is 0 Å². The first-order chi connectivity index (χ1) is 10.6. The Hall–Kier alpha value is -1.42. The molecule has 1 saturated heterocycles. The number of amides is 1. The van der Waals surface area contributed by atoms with Gasteiger partial charge in [-0.25, -0.2) is 0 Å². The van der Waals surface area contributed by atoms with Crippen LogP contribution in [0.3, 0.4) is 0 Å². The van der Waals surface area contributed by atoms with Crippen LogP contribution in [0.4, 0.5) is 0 Å². The molecular weight excluding hydrogens is 274 g/mol. The molecule has 0 radical (unpaired) electrons. The normalized spacial score (nSPS) is 23.6. The molecule has 0 spiro atoms. The average Bonchev–Trinajstić information content (AvgIpc) is 3.35. The van der Waals surface area contributed by atoms with Crippen molar-refractivity contribution in [3.05, 3.63) is 30.1 Å². The second-order valence-corrected chi connectivity index (χ2v) is 7.07. The molecule has 120 valence electrons. The van der Waals surface area contributed by atoms with E-state index >= 15 is 0 Å². The van der Waals surface area contributed by atoms with E-state index in [0.29, 0.717) is 17.7 Å². The average molecular weight is 301 g/mol. The molecule has 1 aromatic heterocycles. The third kappa shape index (κ3) is 3.67. The number of hydrogen-bond acceptors (Lipinski definition) is 3. The van der Waals surface area contributed by atoms with Crippen LogP contribution in [0.15, 0.2) is 24.4 Å². The first-order valence-corrected chi connectivity index (χ1v) is 8.59. The van der Waals surface area contributed by atoms with Gasteiger partial charge in [0.15, 0.2) is 0 Å². The third-order valence-electron chi connectivity index (χ3n) is 4.88. The number of carbonyl (C=O) groups excluding carboxylic acids is 1. The minimum Gasteiger partial charge on any atom is -0.336 e. The van der Waals surface area contributed by atoms with Gasteiger partial charge in [0.1, 0.15) is 5.69 Å². The molecule has 4 heteroatoms.